The lowest BCUT2D eigenvalue weighted by Crippen LogP contribution is -2.24. The van der Waals surface area contributed by atoms with E-state index in [1.54, 1.807) is 6.92 Å². The molecular weight excluding hydrogens is 427 g/mol. The minimum atomic E-state index is -4.61. The highest BCUT2D eigenvalue weighted by Gasteiger charge is 2.34. The maximum atomic E-state index is 13.3. The minimum absolute atomic E-state index is 0.0326. The molecule has 0 fully saturated rings. The zero-order chi connectivity index (χ0) is 22.0. The Hall–Kier alpha value is -2.53. The van der Waals surface area contributed by atoms with Crippen LogP contribution in [0.5, 0.6) is 0 Å². The molecule has 11 heteroatoms. The van der Waals surface area contributed by atoms with Crippen molar-refractivity contribution in [3.05, 3.63) is 53.1 Å². The van der Waals surface area contributed by atoms with Crippen LogP contribution in [0.4, 0.5) is 13.2 Å². The van der Waals surface area contributed by atoms with Crippen LogP contribution in [0.25, 0.3) is 0 Å². The van der Waals surface area contributed by atoms with Crippen molar-refractivity contribution in [1.29, 1.82) is 0 Å². The van der Waals surface area contributed by atoms with E-state index in [1.807, 2.05) is 0 Å². The Kier molecular flexibility index (Phi) is 6.63. The molecule has 0 spiro atoms. The van der Waals surface area contributed by atoms with Gasteiger partial charge in [-0.15, -0.1) is 0 Å². The summed E-state index contributed by atoms with van der Waals surface area (Å²) in [5.74, 6) is -1.32. The molecule has 6 nitrogen and oxygen atoms in total. The van der Waals surface area contributed by atoms with Gasteiger partial charge in [-0.2, -0.15) is 18.2 Å². The zero-order valence-electron chi connectivity index (χ0n) is 15.4. The lowest BCUT2D eigenvalue weighted by atomic mass is 10.0. The number of amides is 1. The van der Waals surface area contributed by atoms with Crippen LogP contribution < -0.4 is 11.5 Å². The largest absolute Gasteiger partial charge is 0.417 e. The van der Waals surface area contributed by atoms with E-state index < -0.39 is 33.4 Å². The summed E-state index contributed by atoms with van der Waals surface area (Å²) in [5.41, 5.74) is 9.91. The Balaban J connectivity index is 2.71. The molecule has 0 saturated heterocycles. The molecule has 0 heterocycles. The quantitative estimate of drug-likeness (QED) is 0.539. The molecule has 0 aliphatic rings. The number of nitrogens with zero attached hydrogens (tertiary/aromatic N) is 1. The predicted molar refractivity (Wildman–Crippen MR) is 105 cm³/mol. The van der Waals surface area contributed by atoms with Gasteiger partial charge < -0.3 is 11.5 Å². The van der Waals surface area contributed by atoms with Gasteiger partial charge in [0, 0.05) is 21.6 Å². The van der Waals surface area contributed by atoms with Crippen molar-refractivity contribution in [2.24, 2.45) is 16.5 Å². The maximum absolute atomic E-state index is 13.3. The Morgan fingerprint density at radius 2 is 1.76 bits per heavy atom. The fourth-order valence-electron chi connectivity index (χ4n) is 2.55. The zero-order valence-corrected chi connectivity index (χ0v) is 17.1. The van der Waals surface area contributed by atoms with Crippen molar-refractivity contribution in [3.8, 4) is 0 Å². The molecule has 0 bridgehead atoms. The average molecular weight is 445 g/mol. The third-order valence-electron chi connectivity index (χ3n) is 3.82. The van der Waals surface area contributed by atoms with Crippen molar-refractivity contribution >= 4 is 33.5 Å². The molecule has 156 valence electrons. The number of carbonyl (C=O) groups excluding carboxylic acids is 1. The summed E-state index contributed by atoms with van der Waals surface area (Å²) >= 11 is 0.663. The molecule has 2 aromatic rings. The summed E-state index contributed by atoms with van der Waals surface area (Å²) in [6.07, 6.45) is -3.40. The average Bonchev–Trinajstić information content (AvgIpc) is 2.59. The van der Waals surface area contributed by atoms with Crippen molar-refractivity contribution in [2.75, 3.05) is 6.26 Å². The number of nitrogens with two attached hydrogens (primary N) is 2. The molecule has 0 saturated carbocycles. The number of sulfone groups is 1. The summed E-state index contributed by atoms with van der Waals surface area (Å²) in [7, 11) is -3.88. The number of hydrogen-bond acceptors (Lipinski definition) is 4. The topological polar surface area (TPSA) is 116 Å². The van der Waals surface area contributed by atoms with Crippen LogP contribution in [0.3, 0.4) is 0 Å². The predicted octanol–water partition coefficient (Wildman–Crippen LogP) is 3.24. The molecule has 4 N–H and O–H groups in total. The van der Waals surface area contributed by atoms with Crippen LogP contribution in [0.15, 0.2) is 56.1 Å². The Morgan fingerprint density at radius 1 is 1.14 bits per heavy atom. The second-order valence-corrected chi connectivity index (χ2v) is 9.09. The van der Waals surface area contributed by atoms with Gasteiger partial charge in [-0.3, -0.25) is 4.79 Å². The third kappa shape index (κ3) is 5.51. The van der Waals surface area contributed by atoms with E-state index in [2.05, 4.69) is 4.99 Å². The second-order valence-electron chi connectivity index (χ2n) is 6.02. The van der Waals surface area contributed by atoms with E-state index in [1.165, 1.54) is 24.3 Å². The van der Waals surface area contributed by atoms with Crippen molar-refractivity contribution < 1.29 is 26.4 Å². The number of benzene rings is 2. The highest BCUT2D eigenvalue weighted by molar-refractivity contribution is 8.00. The summed E-state index contributed by atoms with van der Waals surface area (Å²) in [6.45, 7) is 1.71. The van der Waals surface area contributed by atoms with Crippen LogP contribution in [-0.2, 0) is 22.4 Å². The molecule has 29 heavy (non-hydrogen) atoms. The van der Waals surface area contributed by atoms with E-state index in [0.717, 1.165) is 18.4 Å². The van der Waals surface area contributed by atoms with Crippen LogP contribution in [0, 0.1) is 0 Å². The molecule has 1 amide bonds. The van der Waals surface area contributed by atoms with E-state index in [9.17, 15) is 26.4 Å². The van der Waals surface area contributed by atoms with Gasteiger partial charge in [-0.1, -0.05) is 30.8 Å². The van der Waals surface area contributed by atoms with Crippen LogP contribution in [-0.4, -0.2) is 26.5 Å². The van der Waals surface area contributed by atoms with E-state index in [-0.39, 0.29) is 20.2 Å². The molecule has 0 aliphatic carbocycles. The van der Waals surface area contributed by atoms with Crippen molar-refractivity contribution in [2.45, 2.75) is 34.2 Å². The molecule has 0 aromatic heterocycles. The van der Waals surface area contributed by atoms with Crippen molar-refractivity contribution in [3.63, 3.8) is 0 Å². The summed E-state index contributed by atoms with van der Waals surface area (Å²) < 4.78 is 64.5. The minimum Gasteiger partial charge on any atom is -0.370 e. The van der Waals surface area contributed by atoms with E-state index in [4.69, 9.17) is 11.5 Å². The number of hydrogen-bond donors (Lipinski definition) is 2. The van der Waals surface area contributed by atoms with Gasteiger partial charge in [-0.05, 0) is 36.2 Å². The first-order valence-corrected chi connectivity index (χ1v) is 10.9. The van der Waals surface area contributed by atoms with Gasteiger partial charge in [0.25, 0.3) is 5.91 Å². The monoisotopic (exact) mass is 445 g/mol. The molecular formula is C18H18F3N3O3S2. The Bertz CT molecular complexity index is 1080. The normalized spacial score (nSPS) is 11.9. The number of carbonyl (C=O) groups is 1. The van der Waals surface area contributed by atoms with Gasteiger partial charge in [0.15, 0.2) is 15.8 Å². The summed E-state index contributed by atoms with van der Waals surface area (Å²) in [4.78, 5) is 15.3. The highest BCUT2D eigenvalue weighted by Crippen LogP contribution is 2.42. The number of halogens is 3. The lowest BCUT2D eigenvalue weighted by Gasteiger charge is -2.16. The maximum Gasteiger partial charge on any atom is 0.417 e. The van der Waals surface area contributed by atoms with E-state index in [0.29, 0.717) is 23.7 Å². The standard InChI is InChI=1S/C18H18F3N3O3S2/c1-3-10-8-14(28-13-7-5-4-6-12(13)18(19,20)21)15(29(2,26)27)9-11(10)16(25)24-17(22)23/h4-9H,3H2,1-2H3,(H4,22,23,24,25). The highest BCUT2D eigenvalue weighted by atomic mass is 32.2. The molecule has 0 unspecified atom stereocenters. The summed E-state index contributed by atoms with van der Waals surface area (Å²) in [5, 5.41) is 0. The van der Waals surface area contributed by atoms with E-state index >= 15 is 0 Å². The first-order chi connectivity index (χ1) is 13.3. The third-order valence-corrected chi connectivity index (χ3v) is 6.22. The first-order valence-electron chi connectivity index (χ1n) is 8.19. The number of rotatable bonds is 5. The Labute approximate surface area is 170 Å². The summed E-state index contributed by atoms with van der Waals surface area (Å²) in [6, 6.07) is 7.32. The Morgan fingerprint density at radius 3 is 2.28 bits per heavy atom. The molecule has 0 radical (unpaired) electrons. The van der Waals surface area contributed by atoms with Gasteiger partial charge in [0.05, 0.1) is 10.5 Å². The molecule has 2 aromatic carbocycles. The van der Waals surface area contributed by atoms with Crippen molar-refractivity contribution in [1.82, 2.24) is 0 Å². The number of aryl methyl sites for hydroxylation is 1. The fraction of sp³-hybridized carbons (Fsp3) is 0.222. The van der Waals surface area contributed by atoms with Gasteiger partial charge in [0.2, 0.25) is 0 Å². The van der Waals surface area contributed by atoms with Crippen LogP contribution >= 0.6 is 11.8 Å². The smallest absolute Gasteiger partial charge is 0.370 e. The van der Waals surface area contributed by atoms with Crippen LogP contribution in [0.1, 0.15) is 28.4 Å². The lowest BCUT2D eigenvalue weighted by molar-refractivity contribution is -0.139. The number of guanidine groups is 1. The van der Waals surface area contributed by atoms with Gasteiger partial charge in [0.1, 0.15) is 0 Å². The molecule has 0 atom stereocenters. The number of alkyl halides is 3. The molecule has 0 aliphatic heterocycles. The second kappa shape index (κ2) is 8.46. The fourth-order valence-corrected chi connectivity index (χ4v) is 4.92. The molecule has 2 rings (SSSR count). The first kappa shape index (κ1) is 22.8. The SMILES string of the molecule is CCc1cc(Sc2ccccc2C(F)(F)F)c(S(C)(=O)=O)cc1C(=O)N=C(N)N. The van der Waals surface area contributed by atoms with Gasteiger partial charge >= 0.3 is 6.18 Å². The number of aliphatic imine (C=N–C) groups is 1. The van der Waals surface area contributed by atoms with Gasteiger partial charge in [-0.25, -0.2) is 8.42 Å². The van der Waals surface area contributed by atoms with Crippen LogP contribution in [0.2, 0.25) is 0 Å².